The lowest BCUT2D eigenvalue weighted by Crippen LogP contribution is -2.54. The maximum atomic E-state index is 13.8. The minimum Gasteiger partial charge on any atom is -0.454 e. The smallest absolute Gasteiger partial charge is 0.326 e. The molecule has 8 nitrogen and oxygen atoms in total. The predicted molar refractivity (Wildman–Crippen MR) is 101 cm³/mol. The molecule has 0 bridgehead atoms. The lowest BCUT2D eigenvalue weighted by atomic mass is 9.73. The van der Waals surface area contributed by atoms with Crippen LogP contribution < -0.4 is 10.6 Å². The monoisotopic (exact) mass is 405 g/mol. The zero-order chi connectivity index (χ0) is 21.2. The van der Waals surface area contributed by atoms with Gasteiger partial charge in [-0.2, -0.15) is 0 Å². The Kier molecular flexibility index (Phi) is 5.86. The van der Waals surface area contributed by atoms with Crippen LogP contribution in [-0.2, 0) is 19.1 Å². The quantitative estimate of drug-likeness (QED) is 0.577. The maximum Gasteiger partial charge on any atom is 0.326 e. The Morgan fingerprint density at radius 1 is 1.34 bits per heavy atom. The van der Waals surface area contributed by atoms with Crippen LogP contribution in [0.2, 0.25) is 0 Å². The molecule has 0 unspecified atom stereocenters. The number of carbonyl (C=O) groups excluding carboxylic acids is 4. The van der Waals surface area contributed by atoms with Crippen LogP contribution in [0.25, 0.3) is 0 Å². The van der Waals surface area contributed by atoms with Gasteiger partial charge in [-0.1, -0.05) is 25.8 Å². The number of amides is 4. The molecule has 1 spiro atoms. The SMILES string of the molecule is Cc1ccc(NC(=O)COC(=O)CN2C(=O)N[C@@]3(CCCC[C@H]3C)C2=O)c(F)c1. The third-order valence-electron chi connectivity index (χ3n) is 5.55. The van der Waals surface area contributed by atoms with E-state index in [0.29, 0.717) is 12.0 Å². The molecule has 1 aromatic rings. The fourth-order valence-electron chi connectivity index (χ4n) is 3.87. The first kappa shape index (κ1) is 20.8. The number of anilines is 1. The number of esters is 1. The number of halogens is 1. The summed E-state index contributed by atoms with van der Waals surface area (Å²) in [5.41, 5.74) is -0.291. The van der Waals surface area contributed by atoms with Gasteiger partial charge in [0.1, 0.15) is 17.9 Å². The summed E-state index contributed by atoms with van der Waals surface area (Å²) in [5.74, 6) is -2.68. The van der Waals surface area contributed by atoms with E-state index in [1.54, 1.807) is 13.0 Å². The zero-order valence-electron chi connectivity index (χ0n) is 16.4. The van der Waals surface area contributed by atoms with Crippen molar-refractivity contribution in [3.8, 4) is 0 Å². The molecule has 1 heterocycles. The number of hydrogen-bond acceptors (Lipinski definition) is 5. The fraction of sp³-hybridized carbons (Fsp3) is 0.500. The third-order valence-corrected chi connectivity index (χ3v) is 5.55. The number of imide groups is 1. The Hall–Kier alpha value is -2.97. The topological polar surface area (TPSA) is 105 Å². The first-order valence-corrected chi connectivity index (χ1v) is 9.58. The molecule has 9 heteroatoms. The van der Waals surface area contributed by atoms with Crippen molar-refractivity contribution >= 4 is 29.5 Å². The number of hydrogen-bond donors (Lipinski definition) is 2. The molecular weight excluding hydrogens is 381 g/mol. The molecule has 1 aliphatic heterocycles. The summed E-state index contributed by atoms with van der Waals surface area (Å²) in [4.78, 5) is 49.8. The molecule has 29 heavy (non-hydrogen) atoms. The molecule has 2 N–H and O–H groups in total. The summed E-state index contributed by atoms with van der Waals surface area (Å²) >= 11 is 0. The first-order valence-electron chi connectivity index (χ1n) is 9.58. The van der Waals surface area contributed by atoms with E-state index in [2.05, 4.69) is 10.6 Å². The minimum atomic E-state index is -0.962. The summed E-state index contributed by atoms with van der Waals surface area (Å²) in [6.07, 6.45) is 3.17. The molecule has 3 rings (SSSR count). The molecule has 0 aromatic heterocycles. The van der Waals surface area contributed by atoms with E-state index < -0.39 is 48.3 Å². The number of carbonyl (C=O) groups is 4. The van der Waals surface area contributed by atoms with Crippen LogP contribution in [0.5, 0.6) is 0 Å². The van der Waals surface area contributed by atoms with Crippen LogP contribution in [0, 0.1) is 18.7 Å². The van der Waals surface area contributed by atoms with Crippen LogP contribution in [0.3, 0.4) is 0 Å². The number of benzene rings is 1. The van der Waals surface area contributed by atoms with Gasteiger partial charge in [-0.25, -0.2) is 9.18 Å². The van der Waals surface area contributed by atoms with Crippen molar-refractivity contribution in [2.24, 2.45) is 5.92 Å². The van der Waals surface area contributed by atoms with Gasteiger partial charge in [0, 0.05) is 0 Å². The van der Waals surface area contributed by atoms with E-state index in [4.69, 9.17) is 4.74 Å². The standard InChI is InChI=1S/C20H24FN3O5/c1-12-6-7-15(14(21)9-12)22-16(25)11-29-17(26)10-24-18(27)20(23-19(24)28)8-4-3-5-13(20)2/h6-7,9,13H,3-5,8,10-11H2,1-2H3,(H,22,25)(H,23,28)/t13-,20-/m1/s1. The molecule has 1 aromatic carbocycles. The van der Waals surface area contributed by atoms with Crippen LogP contribution in [0.4, 0.5) is 14.9 Å². The Labute approximate surface area is 167 Å². The van der Waals surface area contributed by atoms with E-state index in [1.165, 1.54) is 12.1 Å². The highest BCUT2D eigenvalue weighted by Crippen LogP contribution is 2.38. The van der Waals surface area contributed by atoms with E-state index in [9.17, 15) is 23.6 Å². The minimum absolute atomic E-state index is 0.0242. The highest BCUT2D eigenvalue weighted by Gasteiger charge is 2.55. The Bertz CT molecular complexity index is 859. The van der Waals surface area contributed by atoms with E-state index >= 15 is 0 Å². The fourth-order valence-corrected chi connectivity index (χ4v) is 3.87. The summed E-state index contributed by atoms with van der Waals surface area (Å²) in [5, 5.41) is 5.05. The van der Waals surface area contributed by atoms with Gasteiger partial charge in [0.05, 0.1) is 5.69 Å². The van der Waals surface area contributed by atoms with Crippen molar-refractivity contribution in [1.82, 2.24) is 10.2 Å². The Morgan fingerprint density at radius 2 is 2.10 bits per heavy atom. The van der Waals surface area contributed by atoms with Crippen LogP contribution in [0.15, 0.2) is 18.2 Å². The Morgan fingerprint density at radius 3 is 2.79 bits per heavy atom. The van der Waals surface area contributed by atoms with Gasteiger partial charge in [-0.15, -0.1) is 0 Å². The van der Waals surface area contributed by atoms with Crippen molar-refractivity contribution in [3.63, 3.8) is 0 Å². The van der Waals surface area contributed by atoms with Gasteiger partial charge in [0.25, 0.3) is 11.8 Å². The van der Waals surface area contributed by atoms with Gasteiger partial charge >= 0.3 is 12.0 Å². The highest BCUT2D eigenvalue weighted by molar-refractivity contribution is 6.09. The zero-order valence-corrected chi connectivity index (χ0v) is 16.4. The highest BCUT2D eigenvalue weighted by atomic mass is 19.1. The summed E-state index contributed by atoms with van der Waals surface area (Å²) in [6, 6.07) is 3.67. The molecule has 2 fully saturated rings. The van der Waals surface area contributed by atoms with Gasteiger partial charge in [-0.3, -0.25) is 19.3 Å². The number of ether oxygens (including phenoxy) is 1. The number of aryl methyl sites for hydroxylation is 1. The second-order valence-corrected chi connectivity index (χ2v) is 7.63. The van der Waals surface area contributed by atoms with Crippen molar-refractivity contribution in [1.29, 1.82) is 0 Å². The molecule has 156 valence electrons. The predicted octanol–water partition coefficient (Wildman–Crippen LogP) is 2.12. The van der Waals surface area contributed by atoms with Crippen molar-refractivity contribution in [2.45, 2.75) is 45.1 Å². The molecule has 1 saturated heterocycles. The van der Waals surface area contributed by atoms with Crippen molar-refractivity contribution < 1.29 is 28.3 Å². The lowest BCUT2D eigenvalue weighted by Gasteiger charge is -2.36. The molecule has 1 saturated carbocycles. The number of nitrogens with zero attached hydrogens (tertiary/aromatic N) is 1. The normalized spacial score (nSPS) is 23.8. The number of nitrogens with one attached hydrogen (secondary N) is 2. The molecule has 0 radical (unpaired) electrons. The largest absolute Gasteiger partial charge is 0.454 e. The maximum absolute atomic E-state index is 13.8. The number of rotatable bonds is 5. The molecular formula is C20H24FN3O5. The first-order chi connectivity index (χ1) is 13.7. The third kappa shape index (κ3) is 4.23. The summed E-state index contributed by atoms with van der Waals surface area (Å²) in [7, 11) is 0. The molecule has 2 atom stereocenters. The molecule has 2 aliphatic rings. The van der Waals surface area contributed by atoms with Crippen LogP contribution in [0.1, 0.15) is 38.2 Å². The number of urea groups is 1. The van der Waals surface area contributed by atoms with Gasteiger partial charge in [-0.05, 0) is 43.4 Å². The van der Waals surface area contributed by atoms with E-state index in [0.717, 1.165) is 24.2 Å². The van der Waals surface area contributed by atoms with E-state index in [1.807, 2.05) is 6.92 Å². The van der Waals surface area contributed by atoms with Crippen molar-refractivity contribution in [2.75, 3.05) is 18.5 Å². The average molecular weight is 405 g/mol. The Balaban J connectivity index is 1.53. The molecule has 4 amide bonds. The lowest BCUT2D eigenvalue weighted by molar-refractivity contribution is -0.150. The summed E-state index contributed by atoms with van der Waals surface area (Å²) in [6.45, 7) is 2.39. The van der Waals surface area contributed by atoms with Crippen molar-refractivity contribution in [3.05, 3.63) is 29.6 Å². The second kappa shape index (κ2) is 8.18. The van der Waals surface area contributed by atoms with Crippen LogP contribution in [-0.4, -0.2) is 47.4 Å². The van der Waals surface area contributed by atoms with Gasteiger partial charge < -0.3 is 15.4 Å². The van der Waals surface area contributed by atoms with Gasteiger partial charge in [0.2, 0.25) is 0 Å². The summed E-state index contributed by atoms with van der Waals surface area (Å²) < 4.78 is 18.6. The van der Waals surface area contributed by atoms with Gasteiger partial charge in [0.15, 0.2) is 6.61 Å². The average Bonchev–Trinajstić information content (AvgIpc) is 2.90. The van der Waals surface area contributed by atoms with E-state index in [-0.39, 0.29) is 11.6 Å². The van der Waals surface area contributed by atoms with Crippen LogP contribution >= 0.6 is 0 Å². The second-order valence-electron chi connectivity index (χ2n) is 7.63. The molecule has 1 aliphatic carbocycles.